The van der Waals surface area contributed by atoms with Gasteiger partial charge in [0.15, 0.2) is 0 Å². The van der Waals surface area contributed by atoms with Crippen LogP contribution in [0.1, 0.15) is 36.2 Å². The molecule has 3 heteroatoms. The summed E-state index contributed by atoms with van der Waals surface area (Å²) >= 11 is 0. The lowest BCUT2D eigenvalue weighted by Crippen LogP contribution is -2.12. The van der Waals surface area contributed by atoms with Crippen LogP contribution < -0.4 is 5.32 Å². The van der Waals surface area contributed by atoms with Crippen molar-refractivity contribution >= 4 is 11.7 Å². The molecule has 1 aromatic rings. The second-order valence-corrected chi connectivity index (χ2v) is 4.36. The molecule has 0 aliphatic rings. The zero-order chi connectivity index (χ0) is 12.8. The Morgan fingerprint density at radius 3 is 2.76 bits per heavy atom. The number of rotatable bonds is 5. The van der Waals surface area contributed by atoms with Crippen molar-refractivity contribution in [1.29, 1.82) is 0 Å². The summed E-state index contributed by atoms with van der Waals surface area (Å²) in [6.45, 7) is 7.23. The average Bonchev–Trinajstić information content (AvgIpc) is 2.36. The topological polar surface area (TPSA) is 38.3 Å². The Balaban J connectivity index is 2.83. The molecule has 1 aromatic carbocycles. The van der Waals surface area contributed by atoms with Crippen molar-refractivity contribution in [3.05, 3.63) is 29.3 Å². The smallest absolute Gasteiger partial charge is 0.338 e. The van der Waals surface area contributed by atoms with Crippen LogP contribution in [-0.2, 0) is 4.74 Å². The van der Waals surface area contributed by atoms with Gasteiger partial charge in [0.2, 0.25) is 0 Å². The number of ether oxygens (including phenoxy) is 1. The Labute approximate surface area is 103 Å². The fourth-order valence-corrected chi connectivity index (χ4v) is 1.59. The SMILES string of the molecule is CCC(C)CNc1cccc(C(=O)OC)c1C. The van der Waals surface area contributed by atoms with Crippen molar-refractivity contribution in [2.24, 2.45) is 5.92 Å². The van der Waals surface area contributed by atoms with E-state index in [4.69, 9.17) is 4.74 Å². The second-order valence-electron chi connectivity index (χ2n) is 4.36. The van der Waals surface area contributed by atoms with Gasteiger partial charge >= 0.3 is 5.97 Å². The summed E-state index contributed by atoms with van der Waals surface area (Å²) in [5.41, 5.74) is 2.58. The predicted octanol–water partition coefficient (Wildman–Crippen LogP) is 3.24. The number of methoxy groups -OCH3 is 1. The lowest BCUT2D eigenvalue weighted by Gasteiger charge is -2.15. The molecule has 0 saturated heterocycles. The van der Waals surface area contributed by atoms with E-state index in [9.17, 15) is 4.79 Å². The molecule has 0 radical (unpaired) electrons. The number of hydrogen-bond donors (Lipinski definition) is 1. The Bertz CT molecular complexity index is 388. The highest BCUT2D eigenvalue weighted by molar-refractivity contribution is 5.92. The predicted molar refractivity (Wildman–Crippen MR) is 70.5 cm³/mol. The van der Waals surface area contributed by atoms with Crippen LogP contribution in [0.2, 0.25) is 0 Å². The molecular weight excluding hydrogens is 214 g/mol. The number of benzene rings is 1. The number of carbonyl (C=O) groups excluding carboxylic acids is 1. The largest absolute Gasteiger partial charge is 0.465 e. The van der Waals surface area contributed by atoms with Crippen LogP contribution in [0.3, 0.4) is 0 Å². The second kappa shape index (κ2) is 6.28. The zero-order valence-corrected chi connectivity index (χ0v) is 11.0. The van der Waals surface area contributed by atoms with Gasteiger partial charge in [0.05, 0.1) is 12.7 Å². The normalized spacial score (nSPS) is 12.0. The van der Waals surface area contributed by atoms with Gasteiger partial charge < -0.3 is 10.1 Å². The number of anilines is 1. The Morgan fingerprint density at radius 2 is 2.18 bits per heavy atom. The van der Waals surface area contributed by atoms with Gasteiger partial charge in [-0.25, -0.2) is 4.79 Å². The maximum Gasteiger partial charge on any atom is 0.338 e. The van der Waals surface area contributed by atoms with Gasteiger partial charge in [-0.15, -0.1) is 0 Å². The standard InChI is InChI=1S/C14H21NO2/c1-5-10(2)9-15-13-8-6-7-12(11(13)3)14(16)17-4/h6-8,10,15H,5,9H2,1-4H3. The lowest BCUT2D eigenvalue weighted by molar-refractivity contribution is 0.0600. The molecule has 0 amide bonds. The molecule has 0 spiro atoms. The minimum absolute atomic E-state index is 0.283. The molecule has 94 valence electrons. The number of nitrogens with one attached hydrogen (secondary N) is 1. The third-order valence-corrected chi connectivity index (χ3v) is 3.08. The summed E-state index contributed by atoms with van der Waals surface area (Å²) in [5, 5.41) is 3.38. The monoisotopic (exact) mass is 235 g/mol. The van der Waals surface area contributed by atoms with E-state index in [1.54, 1.807) is 6.07 Å². The minimum Gasteiger partial charge on any atom is -0.465 e. The highest BCUT2D eigenvalue weighted by atomic mass is 16.5. The van der Waals surface area contributed by atoms with Crippen molar-refractivity contribution in [2.75, 3.05) is 19.0 Å². The van der Waals surface area contributed by atoms with Crippen LogP contribution in [0.5, 0.6) is 0 Å². The molecule has 17 heavy (non-hydrogen) atoms. The maximum absolute atomic E-state index is 11.5. The Hall–Kier alpha value is -1.51. The van der Waals surface area contributed by atoms with Gasteiger partial charge in [0.25, 0.3) is 0 Å². The summed E-state index contributed by atoms with van der Waals surface area (Å²) < 4.78 is 4.75. The molecule has 0 aromatic heterocycles. The molecule has 0 aliphatic heterocycles. The molecule has 1 rings (SSSR count). The van der Waals surface area contributed by atoms with E-state index in [1.165, 1.54) is 7.11 Å². The summed E-state index contributed by atoms with van der Waals surface area (Å²) in [4.78, 5) is 11.5. The van der Waals surface area contributed by atoms with Crippen LogP contribution >= 0.6 is 0 Å². The van der Waals surface area contributed by atoms with E-state index in [0.29, 0.717) is 11.5 Å². The molecule has 0 fully saturated rings. The summed E-state index contributed by atoms with van der Waals surface area (Å²) in [6.07, 6.45) is 1.14. The molecule has 0 bridgehead atoms. The van der Waals surface area contributed by atoms with Gasteiger partial charge in [0.1, 0.15) is 0 Å². The molecule has 0 aliphatic carbocycles. The fourth-order valence-electron chi connectivity index (χ4n) is 1.59. The molecule has 1 unspecified atom stereocenters. The van der Waals surface area contributed by atoms with E-state index in [0.717, 1.165) is 24.2 Å². The maximum atomic E-state index is 11.5. The molecule has 1 atom stereocenters. The van der Waals surface area contributed by atoms with Crippen molar-refractivity contribution < 1.29 is 9.53 Å². The molecule has 3 nitrogen and oxygen atoms in total. The van der Waals surface area contributed by atoms with Crippen molar-refractivity contribution in [1.82, 2.24) is 0 Å². The summed E-state index contributed by atoms with van der Waals surface area (Å²) in [5.74, 6) is 0.339. The van der Waals surface area contributed by atoms with Crippen molar-refractivity contribution in [3.63, 3.8) is 0 Å². The van der Waals surface area contributed by atoms with Crippen LogP contribution in [0, 0.1) is 12.8 Å². The quantitative estimate of drug-likeness (QED) is 0.796. The van der Waals surface area contributed by atoms with Crippen LogP contribution in [0.4, 0.5) is 5.69 Å². The first-order valence-electron chi connectivity index (χ1n) is 6.02. The van der Waals surface area contributed by atoms with Crippen LogP contribution in [-0.4, -0.2) is 19.6 Å². The number of esters is 1. The van der Waals surface area contributed by atoms with Gasteiger partial charge in [-0.05, 0) is 30.5 Å². The van der Waals surface area contributed by atoms with E-state index in [2.05, 4.69) is 19.2 Å². The van der Waals surface area contributed by atoms with E-state index >= 15 is 0 Å². The molecular formula is C14H21NO2. The Morgan fingerprint density at radius 1 is 1.47 bits per heavy atom. The highest BCUT2D eigenvalue weighted by Gasteiger charge is 2.11. The number of carbonyl (C=O) groups is 1. The number of hydrogen-bond acceptors (Lipinski definition) is 3. The van der Waals surface area contributed by atoms with Crippen molar-refractivity contribution in [3.8, 4) is 0 Å². The first-order chi connectivity index (χ1) is 8.10. The minimum atomic E-state index is -0.283. The van der Waals surface area contributed by atoms with Crippen molar-refractivity contribution in [2.45, 2.75) is 27.2 Å². The van der Waals surface area contributed by atoms with E-state index in [-0.39, 0.29) is 5.97 Å². The van der Waals surface area contributed by atoms with E-state index < -0.39 is 0 Å². The summed E-state index contributed by atoms with van der Waals surface area (Å²) in [6, 6.07) is 5.65. The average molecular weight is 235 g/mol. The van der Waals surface area contributed by atoms with Gasteiger partial charge in [0, 0.05) is 12.2 Å². The first kappa shape index (κ1) is 13.6. The lowest BCUT2D eigenvalue weighted by atomic mass is 10.1. The third kappa shape index (κ3) is 3.48. The van der Waals surface area contributed by atoms with E-state index in [1.807, 2.05) is 19.1 Å². The zero-order valence-electron chi connectivity index (χ0n) is 11.0. The molecule has 0 heterocycles. The van der Waals surface area contributed by atoms with Gasteiger partial charge in [-0.1, -0.05) is 26.3 Å². The highest BCUT2D eigenvalue weighted by Crippen LogP contribution is 2.20. The van der Waals surface area contributed by atoms with Gasteiger partial charge in [-0.2, -0.15) is 0 Å². The third-order valence-electron chi connectivity index (χ3n) is 3.08. The molecule has 0 saturated carbocycles. The fraction of sp³-hybridized carbons (Fsp3) is 0.500. The van der Waals surface area contributed by atoms with Crippen LogP contribution in [0.15, 0.2) is 18.2 Å². The Kier molecular flexibility index (Phi) is 5.01. The molecule has 1 N–H and O–H groups in total. The van der Waals surface area contributed by atoms with Crippen LogP contribution in [0.25, 0.3) is 0 Å². The van der Waals surface area contributed by atoms with Gasteiger partial charge in [-0.3, -0.25) is 0 Å². The summed E-state index contributed by atoms with van der Waals surface area (Å²) in [7, 11) is 1.40. The first-order valence-corrected chi connectivity index (χ1v) is 6.02.